The zero-order valence-corrected chi connectivity index (χ0v) is 11.8. The summed E-state index contributed by atoms with van der Waals surface area (Å²) in [6.07, 6.45) is 1.85. The third kappa shape index (κ3) is 2.92. The van der Waals surface area contributed by atoms with Crippen molar-refractivity contribution >= 4 is 5.82 Å². The van der Waals surface area contributed by atoms with Crippen molar-refractivity contribution in [1.82, 2.24) is 9.97 Å². The van der Waals surface area contributed by atoms with Gasteiger partial charge < -0.3 is 5.32 Å². The summed E-state index contributed by atoms with van der Waals surface area (Å²) >= 11 is 0. The van der Waals surface area contributed by atoms with Crippen LogP contribution in [0.5, 0.6) is 0 Å². The summed E-state index contributed by atoms with van der Waals surface area (Å²) in [6.45, 7) is 5.65. The van der Waals surface area contributed by atoms with Crippen molar-refractivity contribution in [3.8, 4) is 0 Å². The molecule has 0 fully saturated rings. The average molecular weight is 277 g/mol. The van der Waals surface area contributed by atoms with Gasteiger partial charge in [0, 0.05) is 6.54 Å². The second-order valence-corrected chi connectivity index (χ2v) is 4.73. The Morgan fingerprint density at radius 3 is 2.30 bits per heavy atom. The highest BCUT2D eigenvalue weighted by molar-refractivity contribution is 5.39. The fraction of sp³-hybridized carbons (Fsp3) is 0.333. The maximum absolute atomic E-state index is 14.0. The van der Waals surface area contributed by atoms with E-state index < -0.39 is 5.82 Å². The molecule has 20 heavy (non-hydrogen) atoms. The predicted molar refractivity (Wildman–Crippen MR) is 74.6 cm³/mol. The molecule has 1 heterocycles. The number of hydrogen-bond donors (Lipinski definition) is 1. The van der Waals surface area contributed by atoms with Gasteiger partial charge >= 0.3 is 0 Å². The number of hydrogen-bond acceptors (Lipinski definition) is 3. The zero-order valence-electron chi connectivity index (χ0n) is 11.8. The minimum Gasteiger partial charge on any atom is -0.363 e. The normalized spacial score (nSPS) is 10.7. The first kappa shape index (κ1) is 14.4. The number of nitrogens with one attached hydrogen (secondary N) is 1. The molecule has 0 radical (unpaired) electrons. The van der Waals surface area contributed by atoms with Gasteiger partial charge in [0.1, 0.15) is 12.1 Å². The minimum absolute atomic E-state index is 0.177. The van der Waals surface area contributed by atoms with Crippen LogP contribution in [0.2, 0.25) is 0 Å². The number of halogens is 2. The van der Waals surface area contributed by atoms with Crippen molar-refractivity contribution in [3.05, 3.63) is 52.5 Å². The van der Waals surface area contributed by atoms with Gasteiger partial charge in [-0.1, -0.05) is 19.1 Å². The number of nitrogens with zero attached hydrogens (tertiary/aromatic N) is 2. The number of aromatic nitrogens is 2. The molecule has 0 unspecified atom stereocenters. The Morgan fingerprint density at radius 1 is 1.05 bits per heavy atom. The number of anilines is 1. The maximum Gasteiger partial charge on any atom is 0.186 e. The van der Waals surface area contributed by atoms with Gasteiger partial charge in [-0.15, -0.1) is 0 Å². The van der Waals surface area contributed by atoms with E-state index in [1.807, 2.05) is 6.92 Å². The molecule has 1 aromatic carbocycles. The highest BCUT2D eigenvalue weighted by Gasteiger charge is 2.10. The molecule has 0 saturated heterocycles. The monoisotopic (exact) mass is 277 g/mol. The highest BCUT2D eigenvalue weighted by Crippen LogP contribution is 2.17. The summed E-state index contributed by atoms with van der Waals surface area (Å²) in [5.41, 5.74) is 2.44. The van der Waals surface area contributed by atoms with Crippen molar-refractivity contribution in [3.63, 3.8) is 0 Å². The Morgan fingerprint density at radius 2 is 1.70 bits per heavy atom. The van der Waals surface area contributed by atoms with E-state index in [1.54, 1.807) is 26.0 Å². The van der Waals surface area contributed by atoms with Crippen LogP contribution in [-0.4, -0.2) is 9.97 Å². The van der Waals surface area contributed by atoms with E-state index in [1.165, 1.54) is 6.33 Å². The lowest BCUT2D eigenvalue weighted by Crippen LogP contribution is -2.07. The summed E-state index contributed by atoms with van der Waals surface area (Å²) in [5.74, 6) is -0.447. The third-order valence-electron chi connectivity index (χ3n) is 3.15. The first-order valence-corrected chi connectivity index (χ1v) is 6.51. The SMILES string of the molecule is CCc1ncnc(NCc2cc(C)c(F)c(C)c2)c1F. The standard InChI is InChI=1S/C15H17F2N3/c1-4-12-14(17)15(20-8-19-12)18-7-11-5-9(2)13(16)10(3)6-11/h5-6,8H,4,7H2,1-3H3,(H,18,19,20). The van der Waals surface area contributed by atoms with Gasteiger partial charge in [-0.25, -0.2) is 18.7 Å². The summed E-state index contributed by atoms with van der Waals surface area (Å²) < 4.78 is 27.5. The van der Waals surface area contributed by atoms with Crippen LogP contribution in [0.1, 0.15) is 29.3 Å². The molecule has 3 nitrogen and oxygen atoms in total. The van der Waals surface area contributed by atoms with Crippen LogP contribution in [-0.2, 0) is 13.0 Å². The third-order valence-corrected chi connectivity index (χ3v) is 3.15. The number of aryl methyl sites for hydroxylation is 3. The van der Waals surface area contributed by atoms with Crippen molar-refractivity contribution in [2.24, 2.45) is 0 Å². The van der Waals surface area contributed by atoms with Gasteiger partial charge in [0.2, 0.25) is 0 Å². The fourth-order valence-corrected chi connectivity index (χ4v) is 2.10. The molecule has 2 rings (SSSR count). The van der Waals surface area contributed by atoms with Crippen LogP contribution >= 0.6 is 0 Å². The Hall–Kier alpha value is -2.04. The quantitative estimate of drug-likeness (QED) is 0.928. The van der Waals surface area contributed by atoms with Crippen LogP contribution in [0.15, 0.2) is 18.5 Å². The van der Waals surface area contributed by atoms with E-state index in [2.05, 4.69) is 15.3 Å². The smallest absolute Gasteiger partial charge is 0.186 e. The summed E-state index contributed by atoms with van der Waals surface area (Å²) in [4.78, 5) is 7.77. The lowest BCUT2D eigenvalue weighted by Gasteiger charge is -2.10. The topological polar surface area (TPSA) is 37.8 Å². The minimum atomic E-state index is -0.425. The fourth-order valence-electron chi connectivity index (χ4n) is 2.10. The van der Waals surface area contributed by atoms with Crippen molar-refractivity contribution < 1.29 is 8.78 Å². The van der Waals surface area contributed by atoms with Gasteiger partial charge in [-0.2, -0.15) is 0 Å². The molecule has 0 bridgehead atoms. The van der Waals surface area contributed by atoms with E-state index in [-0.39, 0.29) is 11.6 Å². The van der Waals surface area contributed by atoms with Crippen LogP contribution in [0.25, 0.3) is 0 Å². The molecule has 0 aliphatic carbocycles. The molecule has 0 amide bonds. The second-order valence-electron chi connectivity index (χ2n) is 4.73. The molecule has 0 aliphatic rings. The van der Waals surface area contributed by atoms with Crippen LogP contribution < -0.4 is 5.32 Å². The van der Waals surface area contributed by atoms with Gasteiger partial charge in [0.05, 0.1) is 5.69 Å². The predicted octanol–water partition coefficient (Wildman–Crippen LogP) is 3.55. The molecule has 2 aromatic rings. The van der Waals surface area contributed by atoms with E-state index >= 15 is 0 Å². The molecule has 1 N–H and O–H groups in total. The maximum atomic E-state index is 14.0. The van der Waals surface area contributed by atoms with Crippen LogP contribution in [0.4, 0.5) is 14.6 Å². The molecule has 1 aromatic heterocycles. The summed E-state index contributed by atoms with van der Waals surface area (Å²) in [7, 11) is 0. The molecule has 0 spiro atoms. The van der Waals surface area contributed by atoms with Crippen molar-refractivity contribution in [2.45, 2.75) is 33.7 Å². The van der Waals surface area contributed by atoms with Crippen molar-refractivity contribution in [1.29, 1.82) is 0 Å². The van der Waals surface area contributed by atoms with Gasteiger partial charge in [-0.05, 0) is 37.0 Å². The molecule has 106 valence electrons. The van der Waals surface area contributed by atoms with Crippen molar-refractivity contribution in [2.75, 3.05) is 5.32 Å². The Bertz CT molecular complexity index is 604. The zero-order chi connectivity index (χ0) is 14.7. The Kier molecular flexibility index (Phi) is 4.27. The molecular weight excluding hydrogens is 260 g/mol. The molecule has 0 saturated carbocycles. The summed E-state index contributed by atoms with van der Waals surface area (Å²) in [6, 6.07) is 3.49. The Labute approximate surface area is 117 Å². The Balaban J connectivity index is 2.17. The van der Waals surface area contributed by atoms with E-state index in [0.29, 0.717) is 29.8 Å². The van der Waals surface area contributed by atoms with E-state index in [4.69, 9.17) is 0 Å². The largest absolute Gasteiger partial charge is 0.363 e. The second kappa shape index (κ2) is 5.94. The van der Waals surface area contributed by atoms with Gasteiger partial charge in [0.15, 0.2) is 11.6 Å². The number of benzene rings is 1. The molecule has 0 aliphatic heterocycles. The highest BCUT2D eigenvalue weighted by atomic mass is 19.1. The number of rotatable bonds is 4. The van der Waals surface area contributed by atoms with E-state index in [0.717, 1.165) is 5.56 Å². The average Bonchev–Trinajstić information content (AvgIpc) is 2.43. The molecular formula is C15H17F2N3. The lowest BCUT2D eigenvalue weighted by molar-refractivity contribution is 0.596. The lowest BCUT2D eigenvalue weighted by atomic mass is 10.1. The van der Waals surface area contributed by atoms with Gasteiger partial charge in [0.25, 0.3) is 0 Å². The molecule has 0 atom stereocenters. The summed E-state index contributed by atoms with van der Waals surface area (Å²) in [5, 5.41) is 2.93. The first-order valence-electron chi connectivity index (χ1n) is 6.51. The van der Waals surface area contributed by atoms with E-state index in [9.17, 15) is 8.78 Å². The first-order chi connectivity index (χ1) is 9.52. The van der Waals surface area contributed by atoms with Gasteiger partial charge in [-0.3, -0.25) is 0 Å². The van der Waals surface area contributed by atoms with Crippen LogP contribution in [0, 0.1) is 25.5 Å². The molecule has 5 heteroatoms. The van der Waals surface area contributed by atoms with Crippen LogP contribution in [0.3, 0.4) is 0 Å².